The molecule has 19 heavy (non-hydrogen) atoms. The second-order valence-corrected chi connectivity index (χ2v) is 6.47. The van der Waals surface area contributed by atoms with Gasteiger partial charge >= 0.3 is 11.9 Å². The number of ether oxygens (including phenoxy) is 1. The molecule has 0 N–H and O–H groups in total. The third kappa shape index (κ3) is 1.32. The fourth-order valence-electron chi connectivity index (χ4n) is 5.01. The van der Waals surface area contributed by atoms with Gasteiger partial charge in [-0.05, 0) is 42.9 Å². The summed E-state index contributed by atoms with van der Waals surface area (Å²) in [5, 5.41) is 0. The Bertz CT molecular complexity index is 520. The van der Waals surface area contributed by atoms with E-state index in [1.165, 1.54) is 0 Å². The summed E-state index contributed by atoms with van der Waals surface area (Å²) in [6, 6.07) is 0. The van der Waals surface area contributed by atoms with Crippen molar-refractivity contribution < 1.29 is 19.1 Å². The zero-order valence-corrected chi connectivity index (χ0v) is 10.7. The van der Waals surface area contributed by atoms with Crippen molar-refractivity contribution in [3.8, 4) is 0 Å². The minimum absolute atomic E-state index is 0.108. The fraction of sp³-hybridized carbons (Fsp3) is 0.667. The predicted octanol–water partition coefficient (Wildman–Crippen LogP) is 1.35. The van der Waals surface area contributed by atoms with Gasteiger partial charge in [0.05, 0.1) is 11.8 Å². The molecule has 1 aliphatic heterocycles. The summed E-state index contributed by atoms with van der Waals surface area (Å²) < 4.78 is 4.85. The maximum atomic E-state index is 11.9. The van der Waals surface area contributed by atoms with Crippen LogP contribution in [0, 0.1) is 41.4 Å². The first-order chi connectivity index (χ1) is 9.08. The summed E-state index contributed by atoms with van der Waals surface area (Å²) in [5.74, 6) is 0.543. The van der Waals surface area contributed by atoms with Crippen LogP contribution in [0.5, 0.6) is 0 Å². The van der Waals surface area contributed by atoms with E-state index in [4.69, 9.17) is 4.74 Å². The van der Waals surface area contributed by atoms with E-state index in [0.29, 0.717) is 24.2 Å². The Morgan fingerprint density at radius 2 is 1.84 bits per heavy atom. The highest BCUT2D eigenvalue weighted by molar-refractivity contribution is 5.97. The predicted molar refractivity (Wildman–Crippen MR) is 64.6 cm³/mol. The van der Waals surface area contributed by atoms with Crippen LogP contribution in [0.2, 0.25) is 0 Å². The summed E-state index contributed by atoms with van der Waals surface area (Å²) >= 11 is 0. The van der Waals surface area contributed by atoms with Gasteiger partial charge in [-0.2, -0.15) is 0 Å². The number of hydrogen-bond donors (Lipinski definition) is 0. The molecule has 0 amide bonds. The minimum Gasteiger partial charge on any atom is -0.393 e. The van der Waals surface area contributed by atoms with E-state index in [0.717, 1.165) is 6.42 Å². The number of rotatable bonds is 2. The topological polar surface area (TPSA) is 60.4 Å². The number of cyclic esters (lactones) is 2. The van der Waals surface area contributed by atoms with Crippen LogP contribution in [0.4, 0.5) is 0 Å². The molecule has 4 nitrogen and oxygen atoms in total. The summed E-state index contributed by atoms with van der Waals surface area (Å²) in [7, 11) is 0. The highest BCUT2D eigenvalue weighted by Crippen LogP contribution is 2.64. The van der Waals surface area contributed by atoms with Crippen molar-refractivity contribution in [1.82, 2.24) is 0 Å². The second-order valence-electron chi connectivity index (χ2n) is 6.47. The van der Waals surface area contributed by atoms with Crippen molar-refractivity contribution in [1.29, 1.82) is 0 Å². The molecule has 0 unspecified atom stereocenters. The Morgan fingerprint density at radius 3 is 2.53 bits per heavy atom. The third-order valence-corrected chi connectivity index (χ3v) is 5.62. The van der Waals surface area contributed by atoms with Crippen LogP contribution in [-0.2, 0) is 19.1 Å². The van der Waals surface area contributed by atoms with Gasteiger partial charge in [0.1, 0.15) is 5.78 Å². The molecular weight excluding hydrogens is 244 g/mol. The van der Waals surface area contributed by atoms with Crippen molar-refractivity contribution in [2.24, 2.45) is 41.4 Å². The summed E-state index contributed by atoms with van der Waals surface area (Å²) in [4.78, 5) is 35.0. The number of Topliss-reactive ketones (excluding diaryl/α,β-unsaturated/α-hetero) is 1. The molecule has 1 heterocycles. The number of allylic oxidation sites excluding steroid dienone is 2. The number of carbonyl (C=O) groups is 3. The maximum absolute atomic E-state index is 11.9. The first-order valence-electron chi connectivity index (χ1n) is 7.01. The van der Waals surface area contributed by atoms with Gasteiger partial charge in [-0.15, -0.1) is 0 Å². The maximum Gasteiger partial charge on any atom is 0.318 e. The van der Waals surface area contributed by atoms with Gasteiger partial charge in [0.15, 0.2) is 0 Å². The average molecular weight is 260 g/mol. The van der Waals surface area contributed by atoms with E-state index < -0.39 is 0 Å². The quantitative estimate of drug-likeness (QED) is 0.427. The van der Waals surface area contributed by atoms with Crippen LogP contribution in [0.25, 0.3) is 0 Å². The first kappa shape index (κ1) is 11.4. The van der Waals surface area contributed by atoms with E-state index in [9.17, 15) is 14.4 Å². The van der Waals surface area contributed by atoms with Crippen LogP contribution in [0.1, 0.15) is 19.8 Å². The molecule has 0 spiro atoms. The molecule has 7 atom stereocenters. The highest BCUT2D eigenvalue weighted by Gasteiger charge is 2.65. The molecule has 4 heteroatoms. The molecule has 0 aromatic heterocycles. The number of carbonyl (C=O) groups excluding carboxylic acids is 3. The van der Waals surface area contributed by atoms with Crippen LogP contribution < -0.4 is 0 Å². The molecule has 5 rings (SSSR count). The molecule has 0 radical (unpaired) electrons. The lowest BCUT2D eigenvalue weighted by Gasteiger charge is -2.59. The largest absolute Gasteiger partial charge is 0.393 e. The lowest BCUT2D eigenvalue weighted by Crippen LogP contribution is -2.57. The zero-order chi connectivity index (χ0) is 13.3. The van der Waals surface area contributed by atoms with Gasteiger partial charge in [-0.1, -0.05) is 12.2 Å². The van der Waals surface area contributed by atoms with Gasteiger partial charge in [0.2, 0.25) is 0 Å². The normalized spacial score (nSPS) is 49.4. The molecular formula is C15H16O4. The smallest absolute Gasteiger partial charge is 0.318 e. The van der Waals surface area contributed by atoms with Gasteiger partial charge < -0.3 is 9.53 Å². The SMILES string of the molecule is CC(=O)C[C@H]1C[C@@H]2[C@@H]3C=C[C@H]([C@H]4C(=O)OC(=O)[C@H]34)[C@H]12. The average Bonchev–Trinajstić information content (AvgIpc) is 2.63. The Hall–Kier alpha value is -1.45. The van der Waals surface area contributed by atoms with Crippen molar-refractivity contribution in [2.75, 3.05) is 0 Å². The van der Waals surface area contributed by atoms with Crippen LogP contribution in [0.15, 0.2) is 12.2 Å². The molecule has 4 aliphatic carbocycles. The van der Waals surface area contributed by atoms with Crippen molar-refractivity contribution in [3.05, 3.63) is 12.2 Å². The van der Waals surface area contributed by atoms with Gasteiger partial charge in [0.25, 0.3) is 0 Å². The van der Waals surface area contributed by atoms with Crippen LogP contribution in [0.3, 0.4) is 0 Å². The summed E-state index contributed by atoms with van der Waals surface area (Å²) in [6.07, 6.45) is 5.83. The standard InChI is InChI=1S/C15H16O4/c1-6(16)4-7-5-10-8-2-3-9(11(7)10)13-12(8)14(17)19-15(13)18/h2-3,7-13H,4-5H2,1H3/t7-,8-,9-,10+,11-,12+,13+/m0/s1. The molecule has 2 saturated carbocycles. The third-order valence-electron chi connectivity index (χ3n) is 5.62. The number of esters is 2. The Kier molecular flexibility index (Phi) is 2.13. The van der Waals surface area contributed by atoms with E-state index in [1.807, 2.05) is 0 Å². The summed E-state index contributed by atoms with van der Waals surface area (Å²) in [6.45, 7) is 1.63. The Morgan fingerprint density at radius 1 is 1.21 bits per heavy atom. The lowest BCUT2D eigenvalue weighted by atomic mass is 9.43. The van der Waals surface area contributed by atoms with Crippen LogP contribution >= 0.6 is 0 Å². The van der Waals surface area contributed by atoms with Gasteiger partial charge in [0, 0.05) is 6.42 Å². The molecule has 5 aliphatic rings. The van der Waals surface area contributed by atoms with E-state index in [2.05, 4.69) is 12.2 Å². The monoisotopic (exact) mass is 260 g/mol. The minimum atomic E-state index is -0.346. The summed E-state index contributed by atoms with van der Waals surface area (Å²) in [5.41, 5.74) is 0. The van der Waals surface area contributed by atoms with Gasteiger partial charge in [-0.25, -0.2) is 0 Å². The van der Waals surface area contributed by atoms with Gasteiger partial charge in [-0.3, -0.25) is 9.59 Å². The molecule has 0 aromatic rings. The second kappa shape index (κ2) is 3.56. The molecule has 0 aromatic carbocycles. The fourth-order valence-corrected chi connectivity index (χ4v) is 5.01. The zero-order valence-electron chi connectivity index (χ0n) is 10.7. The van der Waals surface area contributed by atoms with E-state index in [-0.39, 0.29) is 41.4 Å². The molecule has 2 bridgehead atoms. The molecule has 1 saturated heterocycles. The number of hydrogen-bond acceptors (Lipinski definition) is 4. The number of ketones is 1. The molecule has 3 fully saturated rings. The van der Waals surface area contributed by atoms with Crippen molar-refractivity contribution in [3.63, 3.8) is 0 Å². The van der Waals surface area contributed by atoms with E-state index >= 15 is 0 Å². The molecule has 100 valence electrons. The van der Waals surface area contributed by atoms with Crippen LogP contribution in [-0.4, -0.2) is 17.7 Å². The van der Waals surface area contributed by atoms with Crippen molar-refractivity contribution >= 4 is 17.7 Å². The Labute approximate surface area is 111 Å². The van der Waals surface area contributed by atoms with E-state index in [1.54, 1.807) is 6.92 Å². The van der Waals surface area contributed by atoms with Crippen molar-refractivity contribution in [2.45, 2.75) is 19.8 Å². The Balaban J connectivity index is 1.67. The first-order valence-corrected chi connectivity index (χ1v) is 7.01. The highest BCUT2D eigenvalue weighted by atomic mass is 16.6. The lowest BCUT2D eigenvalue weighted by molar-refractivity contribution is -0.154.